The summed E-state index contributed by atoms with van der Waals surface area (Å²) in [6, 6.07) is 5.92. The first-order valence-electron chi connectivity index (χ1n) is 12.1. The molecule has 2 aromatic carbocycles. The zero-order valence-electron chi connectivity index (χ0n) is 21.2. The van der Waals surface area contributed by atoms with Crippen molar-refractivity contribution in [3.63, 3.8) is 0 Å². The van der Waals surface area contributed by atoms with Crippen LogP contribution < -0.4 is 15.4 Å². The van der Waals surface area contributed by atoms with Gasteiger partial charge in [0.2, 0.25) is 0 Å². The van der Waals surface area contributed by atoms with Gasteiger partial charge >= 0.3 is 12.5 Å². The molecule has 216 valence electrons. The van der Waals surface area contributed by atoms with Crippen molar-refractivity contribution >= 4 is 15.7 Å². The number of piperidine rings is 1. The third-order valence-corrected chi connectivity index (χ3v) is 8.23. The molecule has 0 spiro atoms. The van der Waals surface area contributed by atoms with Crippen molar-refractivity contribution < 1.29 is 44.3 Å². The number of ether oxygens (including phenoxy) is 1. The summed E-state index contributed by atoms with van der Waals surface area (Å²) < 4.78 is 108. The van der Waals surface area contributed by atoms with E-state index in [9.17, 15) is 39.6 Å². The number of nitrogens with one attached hydrogen (secondary N) is 2. The lowest BCUT2D eigenvalue weighted by molar-refractivity contribution is -0.274. The molecule has 2 aromatic rings. The fourth-order valence-electron chi connectivity index (χ4n) is 4.42. The molecule has 0 unspecified atom stereocenters. The van der Waals surface area contributed by atoms with E-state index in [2.05, 4.69) is 15.4 Å². The lowest BCUT2D eigenvalue weighted by Gasteiger charge is -2.33. The smallest absolute Gasteiger partial charge is 0.406 e. The zero-order chi connectivity index (χ0) is 29.0. The van der Waals surface area contributed by atoms with Crippen LogP contribution in [0, 0.1) is 0 Å². The average molecular weight is 582 g/mol. The van der Waals surface area contributed by atoms with Crippen LogP contribution in [0.3, 0.4) is 0 Å². The molecule has 7 nitrogen and oxygen atoms in total. The van der Waals surface area contributed by atoms with Crippen LogP contribution in [-0.2, 0) is 29.1 Å². The summed E-state index contributed by atoms with van der Waals surface area (Å²) in [5, 5.41) is 5.44. The number of hydrogen-bond donors (Lipinski definition) is 2. The standard InChI is InChI=1S/C25H29F6N3O4S/c1-3-39(36,37)22-9-8-20(38-25(29,30)31)11-18(22)13-33-23(35)16-6-7-17(21(12-16)24(26,27)28)14-34-10-4-5-19(15-34)32-2/h6-9,11-12,19,32H,3-5,10,13-15H2,1-2H3,(H,33,35)/t19-/m0/s1. The van der Waals surface area contributed by atoms with E-state index < -0.39 is 46.1 Å². The highest BCUT2D eigenvalue weighted by Crippen LogP contribution is 2.34. The summed E-state index contributed by atoms with van der Waals surface area (Å²) in [6.45, 7) is 2.03. The van der Waals surface area contributed by atoms with Gasteiger partial charge in [-0.2, -0.15) is 13.2 Å². The number of benzene rings is 2. The summed E-state index contributed by atoms with van der Waals surface area (Å²) in [6.07, 6.45) is -8.03. The normalized spacial score (nSPS) is 17.2. The van der Waals surface area contributed by atoms with Gasteiger partial charge in [-0.1, -0.05) is 13.0 Å². The molecule has 0 aromatic heterocycles. The predicted molar refractivity (Wildman–Crippen MR) is 131 cm³/mol. The van der Waals surface area contributed by atoms with E-state index in [0.29, 0.717) is 13.1 Å². The van der Waals surface area contributed by atoms with E-state index in [0.717, 1.165) is 37.1 Å². The second-order valence-electron chi connectivity index (χ2n) is 9.14. The molecule has 3 rings (SSSR count). The van der Waals surface area contributed by atoms with Crippen LogP contribution >= 0.6 is 0 Å². The number of likely N-dealkylation sites (tertiary alicyclic amines) is 1. The second-order valence-corrected chi connectivity index (χ2v) is 11.4. The highest BCUT2D eigenvalue weighted by atomic mass is 32.2. The van der Waals surface area contributed by atoms with Crippen molar-refractivity contribution in [2.75, 3.05) is 25.9 Å². The Morgan fingerprint density at radius 1 is 1.08 bits per heavy atom. The van der Waals surface area contributed by atoms with Crippen LogP contribution in [0.1, 0.15) is 46.8 Å². The van der Waals surface area contributed by atoms with Crippen molar-refractivity contribution in [3.05, 3.63) is 58.7 Å². The van der Waals surface area contributed by atoms with Crippen molar-refractivity contribution in [2.24, 2.45) is 0 Å². The third-order valence-electron chi connectivity index (χ3n) is 6.41. The lowest BCUT2D eigenvalue weighted by Crippen LogP contribution is -2.44. The Balaban J connectivity index is 1.84. The Morgan fingerprint density at radius 3 is 2.41 bits per heavy atom. The number of sulfone groups is 1. The molecule has 1 aliphatic heterocycles. The summed E-state index contributed by atoms with van der Waals surface area (Å²) in [4.78, 5) is 14.3. The van der Waals surface area contributed by atoms with Crippen molar-refractivity contribution in [1.29, 1.82) is 0 Å². The van der Waals surface area contributed by atoms with Crippen LogP contribution in [0.4, 0.5) is 26.3 Å². The Labute approximate surface area is 222 Å². The fourth-order valence-corrected chi connectivity index (χ4v) is 5.54. The SMILES string of the molecule is CCS(=O)(=O)c1ccc(OC(F)(F)F)cc1CNC(=O)c1ccc(CN2CCC[C@H](NC)C2)c(C(F)(F)F)c1. The minimum absolute atomic E-state index is 0.00382. The van der Waals surface area contributed by atoms with E-state index in [1.165, 1.54) is 19.1 Å². The van der Waals surface area contributed by atoms with Gasteiger partial charge in [0.1, 0.15) is 5.75 Å². The number of alkyl halides is 6. The molecule has 1 fully saturated rings. The highest BCUT2D eigenvalue weighted by Gasteiger charge is 2.35. The molecule has 14 heteroatoms. The minimum Gasteiger partial charge on any atom is -0.406 e. The third kappa shape index (κ3) is 8.32. The van der Waals surface area contributed by atoms with Gasteiger partial charge in [-0.05, 0) is 67.9 Å². The molecular formula is C25H29F6N3O4S. The maximum Gasteiger partial charge on any atom is 0.573 e. The summed E-state index contributed by atoms with van der Waals surface area (Å²) >= 11 is 0. The number of halogens is 6. The molecule has 1 saturated heterocycles. The number of carbonyl (C=O) groups is 1. The molecule has 1 heterocycles. The van der Waals surface area contributed by atoms with E-state index >= 15 is 0 Å². The van der Waals surface area contributed by atoms with Crippen molar-refractivity contribution in [1.82, 2.24) is 15.5 Å². The van der Waals surface area contributed by atoms with E-state index in [1.54, 1.807) is 7.05 Å². The molecule has 0 bridgehead atoms. The van der Waals surface area contributed by atoms with Gasteiger partial charge in [-0.15, -0.1) is 13.2 Å². The molecule has 0 aliphatic carbocycles. The average Bonchev–Trinajstić information content (AvgIpc) is 2.86. The van der Waals surface area contributed by atoms with Gasteiger partial charge in [0.25, 0.3) is 5.91 Å². The lowest BCUT2D eigenvalue weighted by atomic mass is 10.00. The highest BCUT2D eigenvalue weighted by molar-refractivity contribution is 7.91. The zero-order valence-corrected chi connectivity index (χ0v) is 22.1. The van der Waals surface area contributed by atoms with Crippen LogP contribution in [0.25, 0.3) is 0 Å². The monoisotopic (exact) mass is 581 g/mol. The quantitative estimate of drug-likeness (QED) is 0.424. The van der Waals surface area contributed by atoms with Crippen molar-refractivity contribution in [3.8, 4) is 5.75 Å². The number of likely N-dealkylation sites (N-methyl/N-ethyl adjacent to an activating group) is 1. The van der Waals surface area contributed by atoms with Gasteiger partial charge in [0.05, 0.1) is 16.2 Å². The van der Waals surface area contributed by atoms with E-state index in [1.807, 2.05) is 4.90 Å². The maximum absolute atomic E-state index is 13.9. The summed E-state index contributed by atoms with van der Waals surface area (Å²) in [5.74, 6) is -2.03. The topological polar surface area (TPSA) is 87.7 Å². The van der Waals surface area contributed by atoms with Crippen LogP contribution in [-0.4, -0.2) is 57.5 Å². The summed E-state index contributed by atoms with van der Waals surface area (Å²) in [5.41, 5.74) is -1.51. The Kier molecular flexibility index (Phi) is 9.55. The largest absolute Gasteiger partial charge is 0.573 e. The van der Waals surface area contributed by atoms with E-state index in [-0.39, 0.29) is 39.9 Å². The number of carbonyl (C=O) groups excluding carboxylic acids is 1. The molecule has 0 saturated carbocycles. The Bertz CT molecular complexity index is 1280. The van der Waals surface area contributed by atoms with Gasteiger partial charge in [-0.3, -0.25) is 9.69 Å². The van der Waals surface area contributed by atoms with Crippen LogP contribution in [0.2, 0.25) is 0 Å². The Hall–Kier alpha value is -2.84. The Morgan fingerprint density at radius 2 is 1.79 bits per heavy atom. The van der Waals surface area contributed by atoms with Crippen molar-refractivity contribution in [2.45, 2.75) is 56.3 Å². The molecule has 0 radical (unpaired) electrons. The first-order chi connectivity index (χ1) is 18.1. The predicted octanol–water partition coefficient (Wildman–Crippen LogP) is 4.51. The molecular weight excluding hydrogens is 552 g/mol. The second kappa shape index (κ2) is 12.1. The molecule has 1 aliphatic rings. The first-order valence-corrected chi connectivity index (χ1v) is 13.8. The fraction of sp³-hybridized carbons (Fsp3) is 0.480. The number of hydrogen-bond acceptors (Lipinski definition) is 6. The van der Waals surface area contributed by atoms with Gasteiger partial charge in [0, 0.05) is 31.2 Å². The van der Waals surface area contributed by atoms with E-state index in [4.69, 9.17) is 0 Å². The number of nitrogens with zero attached hydrogens (tertiary/aromatic N) is 1. The molecule has 39 heavy (non-hydrogen) atoms. The first kappa shape index (κ1) is 30.7. The van der Waals surface area contributed by atoms with Crippen LogP contribution in [0.5, 0.6) is 5.75 Å². The molecule has 1 atom stereocenters. The van der Waals surface area contributed by atoms with Crippen LogP contribution in [0.15, 0.2) is 41.3 Å². The molecule has 2 N–H and O–H groups in total. The maximum atomic E-state index is 13.9. The molecule has 1 amide bonds. The number of amides is 1. The minimum atomic E-state index is -5.04. The summed E-state index contributed by atoms with van der Waals surface area (Å²) in [7, 11) is -2.11. The van der Waals surface area contributed by atoms with Gasteiger partial charge in [-0.25, -0.2) is 8.42 Å². The van der Waals surface area contributed by atoms with Gasteiger partial charge < -0.3 is 15.4 Å². The number of rotatable bonds is 9. The van der Waals surface area contributed by atoms with Gasteiger partial charge in [0.15, 0.2) is 9.84 Å².